The van der Waals surface area contributed by atoms with Gasteiger partial charge in [-0.15, -0.1) is 0 Å². The molecule has 1 aliphatic heterocycles. The lowest BCUT2D eigenvalue weighted by molar-refractivity contribution is 0.0983. The third-order valence-electron chi connectivity index (χ3n) is 3.32. The monoisotopic (exact) mass is 313 g/mol. The smallest absolute Gasteiger partial charge is 0.119 e. The minimum absolute atomic E-state index is 0.136. The van der Waals surface area contributed by atoms with Crippen molar-refractivity contribution < 1.29 is 9.47 Å². The Kier molecular flexibility index (Phi) is 5.03. The van der Waals surface area contributed by atoms with Crippen molar-refractivity contribution in [3.63, 3.8) is 0 Å². The Morgan fingerprint density at radius 1 is 1.56 bits per heavy atom. The average Bonchev–Trinajstić information content (AvgIpc) is 2.84. The molecule has 1 fully saturated rings. The van der Waals surface area contributed by atoms with Crippen LogP contribution < -0.4 is 10.5 Å². The predicted molar refractivity (Wildman–Crippen MR) is 76.0 cm³/mol. The van der Waals surface area contributed by atoms with E-state index < -0.39 is 0 Å². The highest BCUT2D eigenvalue weighted by atomic mass is 79.9. The topological polar surface area (TPSA) is 44.5 Å². The van der Waals surface area contributed by atoms with Gasteiger partial charge in [0.25, 0.3) is 0 Å². The zero-order valence-electron chi connectivity index (χ0n) is 10.7. The molecule has 2 rings (SSSR count). The number of ether oxygens (including phenoxy) is 2. The van der Waals surface area contributed by atoms with Gasteiger partial charge in [-0.1, -0.05) is 15.9 Å². The standard InChI is InChI=1S/C14H20BrNO2/c1-17-12-4-5-14(15)10(8-12)7-11(16)9-13-3-2-6-18-13/h4-5,8,11,13H,2-3,6-7,9,16H2,1H3. The lowest BCUT2D eigenvalue weighted by Crippen LogP contribution is -2.28. The lowest BCUT2D eigenvalue weighted by atomic mass is 10.00. The summed E-state index contributed by atoms with van der Waals surface area (Å²) in [6, 6.07) is 6.13. The summed E-state index contributed by atoms with van der Waals surface area (Å²) in [6.45, 7) is 0.889. The summed E-state index contributed by atoms with van der Waals surface area (Å²) in [7, 11) is 1.68. The first kappa shape index (κ1) is 13.8. The van der Waals surface area contributed by atoms with Gasteiger partial charge in [0.15, 0.2) is 0 Å². The fraction of sp³-hybridized carbons (Fsp3) is 0.571. The third-order valence-corrected chi connectivity index (χ3v) is 4.10. The molecule has 1 saturated heterocycles. The normalized spacial score (nSPS) is 20.9. The molecular weight excluding hydrogens is 294 g/mol. The molecule has 0 amide bonds. The maximum Gasteiger partial charge on any atom is 0.119 e. The van der Waals surface area contributed by atoms with Gasteiger partial charge in [-0.2, -0.15) is 0 Å². The molecule has 0 radical (unpaired) electrons. The largest absolute Gasteiger partial charge is 0.497 e. The van der Waals surface area contributed by atoms with E-state index in [1.54, 1.807) is 7.11 Å². The van der Waals surface area contributed by atoms with Crippen molar-refractivity contribution in [3.8, 4) is 5.75 Å². The van der Waals surface area contributed by atoms with Crippen molar-refractivity contribution in [2.24, 2.45) is 5.73 Å². The summed E-state index contributed by atoms with van der Waals surface area (Å²) in [5.74, 6) is 0.873. The first-order valence-electron chi connectivity index (χ1n) is 6.38. The Hall–Kier alpha value is -0.580. The molecule has 0 spiro atoms. The molecule has 1 heterocycles. The Morgan fingerprint density at radius 3 is 3.06 bits per heavy atom. The van der Waals surface area contributed by atoms with E-state index in [0.717, 1.165) is 36.1 Å². The van der Waals surface area contributed by atoms with E-state index in [4.69, 9.17) is 15.2 Å². The molecule has 4 heteroatoms. The molecule has 2 unspecified atom stereocenters. The summed E-state index contributed by atoms with van der Waals surface area (Å²) < 4.78 is 11.9. The summed E-state index contributed by atoms with van der Waals surface area (Å²) >= 11 is 3.56. The van der Waals surface area contributed by atoms with Crippen LogP contribution in [-0.4, -0.2) is 25.9 Å². The van der Waals surface area contributed by atoms with Crippen molar-refractivity contribution in [3.05, 3.63) is 28.2 Å². The van der Waals surface area contributed by atoms with Crippen LogP contribution in [0.5, 0.6) is 5.75 Å². The lowest BCUT2D eigenvalue weighted by Gasteiger charge is -2.17. The molecule has 2 N–H and O–H groups in total. The van der Waals surface area contributed by atoms with Crippen molar-refractivity contribution >= 4 is 15.9 Å². The molecule has 0 aliphatic carbocycles. The van der Waals surface area contributed by atoms with Crippen LogP contribution in [0.15, 0.2) is 22.7 Å². The van der Waals surface area contributed by atoms with Crippen LogP contribution in [0.1, 0.15) is 24.8 Å². The molecule has 0 aromatic heterocycles. The number of rotatable bonds is 5. The number of hydrogen-bond acceptors (Lipinski definition) is 3. The van der Waals surface area contributed by atoms with E-state index in [9.17, 15) is 0 Å². The minimum atomic E-state index is 0.136. The minimum Gasteiger partial charge on any atom is -0.497 e. The van der Waals surface area contributed by atoms with Crippen molar-refractivity contribution in [2.45, 2.75) is 37.8 Å². The molecular formula is C14H20BrNO2. The van der Waals surface area contributed by atoms with Gasteiger partial charge in [0.05, 0.1) is 13.2 Å². The Balaban J connectivity index is 1.94. The van der Waals surface area contributed by atoms with E-state index in [0.29, 0.717) is 6.10 Å². The fourth-order valence-corrected chi connectivity index (χ4v) is 2.78. The zero-order chi connectivity index (χ0) is 13.0. The van der Waals surface area contributed by atoms with Gasteiger partial charge in [-0.05, 0) is 49.4 Å². The molecule has 1 aromatic rings. The predicted octanol–water partition coefficient (Wildman–Crippen LogP) is 2.90. The van der Waals surface area contributed by atoms with E-state index >= 15 is 0 Å². The van der Waals surface area contributed by atoms with Gasteiger partial charge >= 0.3 is 0 Å². The first-order chi connectivity index (χ1) is 8.69. The molecule has 2 atom stereocenters. The van der Waals surface area contributed by atoms with Gasteiger partial charge < -0.3 is 15.2 Å². The number of hydrogen-bond donors (Lipinski definition) is 1. The SMILES string of the molecule is COc1ccc(Br)c(CC(N)CC2CCCO2)c1. The molecule has 0 bridgehead atoms. The zero-order valence-corrected chi connectivity index (χ0v) is 12.3. The molecule has 100 valence electrons. The summed E-state index contributed by atoms with van der Waals surface area (Å²) in [4.78, 5) is 0. The van der Waals surface area contributed by atoms with E-state index in [1.807, 2.05) is 18.2 Å². The second-order valence-corrected chi connectivity index (χ2v) is 5.65. The highest BCUT2D eigenvalue weighted by Gasteiger charge is 2.19. The van der Waals surface area contributed by atoms with Crippen LogP contribution in [-0.2, 0) is 11.2 Å². The van der Waals surface area contributed by atoms with Gasteiger partial charge in [-0.25, -0.2) is 0 Å². The number of benzene rings is 1. The van der Waals surface area contributed by atoms with Crippen LogP contribution >= 0.6 is 15.9 Å². The molecule has 1 aliphatic rings. The number of methoxy groups -OCH3 is 1. The van der Waals surface area contributed by atoms with Crippen LogP contribution in [0.25, 0.3) is 0 Å². The third kappa shape index (κ3) is 3.70. The second-order valence-electron chi connectivity index (χ2n) is 4.79. The van der Waals surface area contributed by atoms with E-state index in [2.05, 4.69) is 15.9 Å². The Labute approximate surface area is 117 Å². The van der Waals surface area contributed by atoms with Gasteiger partial charge in [0.1, 0.15) is 5.75 Å². The van der Waals surface area contributed by atoms with Crippen molar-refractivity contribution in [1.82, 2.24) is 0 Å². The van der Waals surface area contributed by atoms with Crippen molar-refractivity contribution in [1.29, 1.82) is 0 Å². The molecule has 3 nitrogen and oxygen atoms in total. The van der Waals surface area contributed by atoms with E-state index in [-0.39, 0.29) is 6.04 Å². The summed E-state index contributed by atoms with van der Waals surface area (Å²) in [5, 5.41) is 0. The van der Waals surface area contributed by atoms with Gasteiger partial charge in [0, 0.05) is 17.1 Å². The maximum absolute atomic E-state index is 6.20. The summed E-state index contributed by atoms with van der Waals surface area (Å²) in [6.07, 6.45) is 4.44. The van der Waals surface area contributed by atoms with Crippen LogP contribution in [0.3, 0.4) is 0 Å². The first-order valence-corrected chi connectivity index (χ1v) is 7.18. The highest BCUT2D eigenvalue weighted by molar-refractivity contribution is 9.10. The number of nitrogens with two attached hydrogens (primary N) is 1. The summed E-state index contributed by atoms with van der Waals surface area (Å²) in [5.41, 5.74) is 7.40. The molecule has 0 saturated carbocycles. The quantitative estimate of drug-likeness (QED) is 0.909. The Bertz CT molecular complexity index is 391. The molecule has 18 heavy (non-hydrogen) atoms. The van der Waals surface area contributed by atoms with Gasteiger partial charge in [0.2, 0.25) is 0 Å². The number of halogens is 1. The van der Waals surface area contributed by atoms with Crippen LogP contribution in [0.4, 0.5) is 0 Å². The Morgan fingerprint density at radius 2 is 2.39 bits per heavy atom. The fourth-order valence-electron chi connectivity index (χ4n) is 2.37. The average molecular weight is 314 g/mol. The van der Waals surface area contributed by atoms with Crippen molar-refractivity contribution in [2.75, 3.05) is 13.7 Å². The van der Waals surface area contributed by atoms with E-state index in [1.165, 1.54) is 12.0 Å². The second kappa shape index (κ2) is 6.55. The van der Waals surface area contributed by atoms with Gasteiger partial charge in [-0.3, -0.25) is 0 Å². The highest BCUT2D eigenvalue weighted by Crippen LogP contribution is 2.25. The van der Waals surface area contributed by atoms with Crippen LogP contribution in [0, 0.1) is 0 Å². The molecule has 1 aromatic carbocycles. The van der Waals surface area contributed by atoms with Crippen LogP contribution in [0.2, 0.25) is 0 Å². The maximum atomic E-state index is 6.20.